The fourth-order valence-corrected chi connectivity index (χ4v) is 14.6. The van der Waals surface area contributed by atoms with Gasteiger partial charge in [-0.15, -0.1) is 0 Å². The first-order chi connectivity index (χ1) is 64.2. The minimum atomic E-state index is -4.54. The molecule has 0 spiro atoms. The van der Waals surface area contributed by atoms with Crippen LogP contribution in [0.1, 0.15) is 41.3 Å². The number of nitro groups is 1. The van der Waals surface area contributed by atoms with Crippen molar-refractivity contribution in [3.8, 4) is 11.6 Å². The van der Waals surface area contributed by atoms with Crippen LogP contribution < -0.4 is 26.6 Å². The van der Waals surface area contributed by atoms with E-state index in [0.29, 0.717) is 112 Å². The molecule has 17 heterocycles. The first-order valence-electron chi connectivity index (χ1n) is 40.2. The first kappa shape index (κ1) is 85.7. The number of hydrogen-bond donors (Lipinski definition) is 10. The van der Waals surface area contributed by atoms with E-state index in [0.717, 1.165) is 84.3 Å². The van der Waals surface area contributed by atoms with Gasteiger partial charge in [0.1, 0.15) is 40.0 Å². The van der Waals surface area contributed by atoms with E-state index in [9.17, 15) is 49.6 Å². The zero-order valence-corrected chi connectivity index (χ0v) is 69.5. The average Bonchev–Trinajstić information content (AvgIpc) is 1.13. The molecule has 0 saturated carbocycles. The van der Waals surface area contributed by atoms with Crippen molar-refractivity contribution >= 4 is 183 Å². The molecule has 10 N–H and O–H groups in total. The Kier molecular flexibility index (Phi) is 23.0. The van der Waals surface area contributed by atoms with Gasteiger partial charge in [0.15, 0.2) is 40.7 Å². The zero-order valence-electron chi connectivity index (χ0n) is 69.5. The lowest BCUT2D eigenvalue weighted by atomic mass is 9.99. The molecule has 41 heteroatoms. The predicted molar refractivity (Wildman–Crippen MR) is 490 cm³/mol. The van der Waals surface area contributed by atoms with Crippen molar-refractivity contribution < 1.29 is 44.4 Å². The van der Waals surface area contributed by atoms with Gasteiger partial charge in [-0.1, -0.05) is 31.4 Å². The van der Waals surface area contributed by atoms with Gasteiger partial charge < -0.3 is 26.6 Å². The number of fused-ring (bicyclic) bond motifs is 10. The highest BCUT2D eigenvalue weighted by Gasteiger charge is 2.40. The molecular weight excluding hydrogens is 1730 g/mol. The summed E-state index contributed by atoms with van der Waals surface area (Å²) in [6, 6.07) is 56.4. The van der Waals surface area contributed by atoms with Crippen LogP contribution in [0.25, 0.3) is 132 Å². The van der Waals surface area contributed by atoms with Crippen LogP contribution in [0.4, 0.5) is 103 Å². The van der Waals surface area contributed by atoms with E-state index in [2.05, 4.69) is 157 Å². The monoisotopic (exact) mass is 1790 g/mol. The van der Waals surface area contributed by atoms with Crippen molar-refractivity contribution in [1.82, 2.24) is 120 Å². The normalized spacial score (nSPS) is 11.8. The number of halogens is 9. The van der Waals surface area contributed by atoms with Gasteiger partial charge in [-0.25, -0.2) is 19.3 Å². The molecule has 0 amide bonds. The molecule has 1 atom stereocenters. The van der Waals surface area contributed by atoms with E-state index >= 15 is 0 Å². The number of H-pyrrole nitrogens is 5. The highest BCUT2D eigenvalue weighted by atomic mass is 19.4. The van der Waals surface area contributed by atoms with E-state index in [4.69, 9.17) is 0 Å². The van der Waals surface area contributed by atoms with Crippen LogP contribution in [0.15, 0.2) is 276 Å². The van der Waals surface area contributed by atoms with Gasteiger partial charge in [-0.2, -0.15) is 75.2 Å². The Morgan fingerprint density at radius 1 is 0.383 bits per heavy atom. The van der Waals surface area contributed by atoms with E-state index in [1.807, 2.05) is 97.2 Å². The fourth-order valence-electron chi connectivity index (χ4n) is 14.6. The molecule has 0 aliphatic carbocycles. The number of nitrogens with one attached hydrogen (secondary N) is 10. The van der Waals surface area contributed by atoms with Gasteiger partial charge in [-0.05, 0) is 218 Å². The number of benzene rings is 5. The summed E-state index contributed by atoms with van der Waals surface area (Å²) in [6.07, 6.45) is 5.98. The summed E-state index contributed by atoms with van der Waals surface area (Å²) in [4.78, 5) is 52.8. The Balaban J connectivity index is 0.000000111. The molecule has 0 aliphatic heterocycles. The highest BCUT2D eigenvalue weighted by molar-refractivity contribution is 6.00. The lowest BCUT2D eigenvalue weighted by Crippen LogP contribution is -2.19. The number of anilines is 10. The van der Waals surface area contributed by atoms with E-state index in [1.165, 1.54) is 23.3 Å². The van der Waals surface area contributed by atoms with Crippen LogP contribution in [-0.2, 0) is 0 Å². The van der Waals surface area contributed by atoms with Crippen LogP contribution in [0, 0.1) is 24.0 Å². The number of nitrogens with zero attached hydrogens (tertiary/aromatic N) is 20. The molecule has 0 saturated heterocycles. The number of aromatic amines is 5. The molecule has 660 valence electrons. The Morgan fingerprint density at radius 2 is 0.729 bits per heavy atom. The number of allylic oxidation sites excluding steroid dienone is 2. The highest BCUT2D eigenvalue weighted by Crippen LogP contribution is 2.42. The topological polar surface area (TPSA) is 411 Å². The van der Waals surface area contributed by atoms with Gasteiger partial charge in [0.2, 0.25) is 0 Å². The smallest absolute Gasteiger partial charge is 0.337 e. The van der Waals surface area contributed by atoms with Gasteiger partial charge in [0, 0.05) is 129 Å². The predicted octanol–water partition coefficient (Wildman–Crippen LogP) is 22.0. The summed E-state index contributed by atoms with van der Waals surface area (Å²) < 4.78 is 121. The van der Waals surface area contributed by atoms with Crippen LogP contribution in [0.3, 0.4) is 0 Å². The van der Waals surface area contributed by atoms with Crippen molar-refractivity contribution in [2.24, 2.45) is 0 Å². The summed E-state index contributed by atoms with van der Waals surface area (Å²) in [7, 11) is 0. The summed E-state index contributed by atoms with van der Waals surface area (Å²) in [5.74, 6) is 2.65. The molecule has 32 nitrogen and oxygen atoms in total. The van der Waals surface area contributed by atoms with Gasteiger partial charge in [0.05, 0.1) is 66.7 Å². The van der Waals surface area contributed by atoms with E-state index < -0.39 is 40.5 Å². The second-order valence-electron chi connectivity index (χ2n) is 29.9. The minimum absolute atomic E-state index is 0.0379. The first-order valence-corrected chi connectivity index (χ1v) is 40.2. The third kappa shape index (κ3) is 18.3. The maximum Gasteiger partial charge on any atom is 0.417 e. The van der Waals surface area contributed by atoms with Crippen molar-refractivity contribution in [1.29, 1.82) is 0 Å². The molecule has 0 radical (unpaired) electrons. The zero-order chi connectivity index (χ0) is 92.4. The number of pyridine rings is 10. The van der Waals surface area contributed by atoms with Gasteiger partial charge in [-0.3, -0.25) is 75.5 Å². The molecule has 5 aromatic carbocycles. The minimum Gasteiger partial charge on any atom is -0.337 e. The second kappa shape index (κ2) is 35.6. The molecule has 0 bridgehead atoms. The van der Waals surface area contributed by atoms with Crippen molar-refractivity contribution in [2.75, 3.05) is 26.6 Å². The quantitative estimate of drug-likeness (QED) is 0.0244. The third-order valence-electron chi connectivity index (χ3n) is 21.0. The van der Waals surface area contributed by atoms with Crippen LogP contribution in [-0.4, -0.2) is 144 Å². The lowest BCUT2D eigenvalue weighted by Gasteiger charge is -2.18. The van der Waals surface area contributed by atoms with E-state index in [-0.39, 0.29) is 22.8 Å². The van der Waals surface area contributed by atoms with Gasteiger partial charge in [0.25, 0.3) is 0 Å². The number of alkyl halides is 9. The molecule has 22 rings (SSSR count). The Bertz CT molecular complexity index is 8160. The maximum atomic E-state index is 13.2. The molecule has 17 aromatic heterocycles. The molecule has 133 heavy (non-hydrogen) atoms. The molecule has 1 unspecified atom stereocenters. The lowest BCUT2D eigenvalue weighted by molar-refractivity contribution is -0.384. The summed E-state index contributed by atoms with van der Waals surface area (Å²) in [5.41, 5.74) is 10.2. The molecule has 0 fully saturated rings. The standard InChI is InChI=1S/C19H16F3N5.C19H14F3N5.C18H12F3N5.C18H12N8O2.C18H13N7/c2*1-10-8-12-9-13(25-18-17-15(26-27-18)4-3-7-23-17)5-6-14(12)16(24-10)11(2)19(20,21)22;1-10(18(19,20)21)15-13-5-4-12(9-11(13)6-8-23-15)24-17-16-14(25-26-17)3-2-7-22-16;27-26(28)13-9-21-25(10-13)18-14-4-3-12(8-11(14)5-7-20-18)22-17-16-15(23-24-17)2-1-6-19-16;1-3-15-16(19-7-1)17(24-23-15)22-13-4-5-14-12(11-13)6-9-20-18(14)25-10-2-8-21-25/h3-9,11H,1-2H3,(H2,25,26,27);3-9H,2H2,1H3,(H2,25,26,27);2-9H,1H2,(H2,24,25,26);1-10H,(H2,22,23,24);1-11H,(H2,22,23,24). The van der Waals surface area contributed by atoms with E-state index in [1.54, 1.807) is 159 Å². The van der Waals surface area contributed by atoms with Crippen molar-refractivity contribution in [3.63, 3.8) is 0 Å². The van der Waals surface area contributed by atoms with Crippen molar-refractivity contribution in [2.45, 2.75) is 45.2 Å². The van der Waals surface area contributed by atoms with Crippen molar-refractivity contribution in [3.05, 3.63) is 314 Å². The summed E-state index contributed by atoms with van der Waals surface area (Å²) in [5, 5.41) is 77.9. The fraction of sp³-hybridized carbons (Fsp3) is 0.0761. The Morgan fingerprint density at radius 3 is 1.11 bits per heavy atom. The second-order valence-corrected chi connectivity index (χ2v) is 29.9. The van der Waals surface area contributed by atoms with Crippen LogP contribution in [0.5, 0.6) is 0 Å². The maximum absolute atomic E-state index is 13.2. The van der Waals surface area contributed by atoms with Gasteiger partial charge >= 0.3 is 24.2 Å². The Labute approximate surface area is 742 Å². The average molecular weight is 1800 g/mol. The summed E-state index contributed by atoms with van der Waals surface area (Å²) in [6.45, 7) is 10.8. The number of hydrogen-bond acceptors (Lipinski definition) is 24. The third-order valence-corrected chi connectivity index (χ3v) is 21.0. The molecular formula is C92H67F9N30O2. The number of rotatable bonds is 16. The largest absolute Gasteiger partial charge is 0.417 e. The Hall–Kier alpha value is -18.1. The molecule has 22 aromatic rings. The number of aryl methyl sites for hydroxylation is 2. The molecule has 0 aliphatic rings. The number of aromatic nitrogens is 24. The van der Waals surface area contributed by atoms with Crippen LogP contribution in [0.2, 0.25) is 0 Å². The summed E-state index contributed by atoms with van der Waals surface area (Å²) >= 11 is 0. The van der Waals surface area contributed by atoms with Crippen LogP contribution >= 0.6 is 0 Å². The SMILES string of the molecule is C=C(c1nc(C)cc2cc(Nc3n[nH]c4cccnc34)ccc12)C(F)(F)F.C=C(c1nccc2cc(Nc3n[nH]c4cccnc34)ccc12)C(F)(F)F.Cc1cc2cc(Nc3n[nH]c4cccnc34)ccc2c(C(C)C(F)(F)F)n1.O=[N+]([O-])c1cnn(-c2nccc3cc(Nc4n[nH]c5cccnc45)ccc23)c1.c1cnc2c(Nc3ccc4c(-n5cccn5)nccc4c3)n[nH]c2c1.